The quantitative estimate of drug-likeness (QED) is 0.185. The number of aromatic nitrogens is 2. The molecule has 0 N–H and O–H groups in total. The molecule has 0 saturated heterocycles. The molecule has 0 saturated carbocycles. The molecule has 0 radical (unpaired) electrons. The Morgan fingerprint density at radius 1 is 0.581 bits per heavy atom. The second kappa shape index (κ2) is 7.70. The van der Waals surface area contributed by atoms with Crippen LogP contribution in [0.25, 0.3) is 11.4 Å². The summed E-state index contributed by atoms with van der Waals surface area (Å²) in [5.74, 6) is 0. The Bertz CT molecular complexity index is 1300. The topological polar surface area (TPSA) is 73.4 Å². The maximum atomic E-state index is 9.31. The van der Waals surface area contributed by atoms with E-state index in [1.54, 1.807) is 0 Å². The van der Waals surface area contributed by atoms with Gasteiger partial charge in [-0.05, 0) is 104 Å². The first-order chi connectivity index (χ1) is 15.1. The Morgan fingerprint density at radius 2 is 0.968 bits per heavy atom. The molecular formula is C25H12I2N4. The minimum atomic E-state index is -0.638. The summed E-state index contributed by atoms with van der Waals surface area (Å²) in [6.45, 7) is 0. The normalized spacial score (nSPS) is 13.0. The summed E-state index contributed by atoms with van der Waals surface area (Å²) in [6, 6.07) is 28.1. The molecule has 0 spiro atoms. The monoisotopic (exact) mass is 622 g/mol. The lowest BCUT2D eigenvalue weighted by atomic mass is 9.68. The molecule has 0 aliphatic heterocycles. The van der Waals surface area contributed by atoms with Crippen LogP contribution < -0.4 is 0 Å². The maximum Gasteiger partial charge on any atom is 0.102 e. The first kappa shape index (κ1) is 20.1. The third-order valence-electron chi connectivity index (χ3n) is 5.65. The molecule has 0 amide bonds. The molecule has 0 unspecified atom stereocenters. The van der Waals surface area contributed by atoms with E-state index in [1.807, 2.05) is 60.7 Å². The van der Waals surface area contributed by atoms with Crippen molar-refractivity contribution in [1.82, 2.24) is 9.97 Å². The summed E-state index contributed by atoms with van der Waals surface area (Å²) in [5.41, 5.74) is 6.48. The van der Waals surface area contributed by atoms with Gasteiger partial charge in [0, 0.05) is 0 Å². The van der Waals surface area contributed by atoms with Crippen molar-refractivity contribution in [2.45, 2.75) is 5.41 Å². The summed E-state index contributed by atoms with van der Waals surface area (Å²) in [5, 5.41) is 18.6. The molecule has 2 heterocycles. The van der Waals surface area contributed by atoms with Crippen LogP contribution in [0.2, 0.25) is 0 Å². The van der Waals surface area contributed by atoms with Crippen LogP contribution in [0.1, 0.15) is 33.4 Å². The van der Waals surface area contributed by atoms with Gasteiger partial charge in [-0.15, -0.1) is 0 Å². The van der Waals surface area contributed by atoms with Crippen molar-refractivity contribution in [3.8, 4) is 23.5 Å². The van der Waals surface area contributed by atoms with Gasteiger partial charge in [0.2, 0.25) is 0 Å². The number of pyridine rings is 2. The van der Waals surface area contributed by atoms with Crippen molar-refractivity contribution >= 4 is 45.2 Å². The van der Waals surface area contributed by atoms with E-state index in [0.29, 0.717) is 11.1 Å². The number of nitriles is 2. The lowest BCUT2D eigenvalue weighted by molar-refractivity contribution is 0.763. The van der Waals surface area contributed by atoms with Crippen LogP contribution in [-0.2, 0) is 5.41 Å². The van der Waals surface area contributed by atoms with E-state index in [0.717, 1.165) is 41.0 Å². The van der Waals surface area contributed by atoms with Gasteiger partial charge in [-0.1, -0.05) is 36.4 Å². The van der Waals surface area contributed by atoms with Crippen molar-refractivity contribution in [3.05, 3.63) is 114 Å². The second-order valence-electron chi connectivity index (χ2n) is 7.19. The zero-order valence-electron chi connectivity index (χ0n) is 16.0. The third-order valence-corrected chi connectivity index (χ3v) is 6.85. The lowest BCUT2D eigenvalue weighted by Crippen LogP contribution is -2.28. The summed E-state index contributed by atoms with van der Waals surface area (Å²) in [7, 11) is 0. The predicted octanol–water partition coefficient (Wildman–Crippen LogP) is 5.79. The summed E-state index contributed by atoms with van der Waals surface area (Å²) >= 11 is 4.46. The number of fused-ring (bicyclic) bond motifs is 3. The Kier molecular flexibility index (Phi) is 4.99. The summed E-state index contributed by atoms with van der Waals surface area (Å²) in [6.07, 6.45) is 0. The molecule has 5 rings (SSSR count). The molecule has 31 heavy (non-hydrogen) atoms. The van der Waals surface area contributed by atoms with E-state index in [9.17, 15) is 10.5 Å². The Balaban J connectivity index is 1.93. The SMILES string of the molecule is N#Cc1ccc(C2(c3ccc(C#N)cc3)c3ccc(I)nc3-c3nc(I)ccc32)cc1. The van der Waals surface area contributed by atoms with Gasteiger partial charge in [0.25, 0.3) is 0 Å². The van der Waals surface area contributed by atoms with Gasteiger partial charge in [-0.3, -0.25) is 0 Å². The molecule has 0 atom stereocenters. The molecule has 0 bridgehead atoms. The minimum absolute atomic E-state index is 0.610. The highest BCUT2D eigenvalue weighted by molar-refractivity contribution is 14.1. The number of nitrogens with zero attached hydrogens (tertiary/aromatic N) is 4. The summed E-state index contributed by atoms with van der Waals surface area (Å²) < 4.78 is 1.80. The molecular weight excluding hydrogens is 610 g/mol. The van der Waals surface area contributed by atoms with Gasteiger partial charge in [0.1, 0.15) is 7.40 Å². The van der Waals surface area contributed by atoms with Crippen LogP contribution in [0.15, 0.2) is 72.8 Å². The maximum absolute atomic E-state index is 9.31. The van der Waals surface area contributed by atoms with Crippen molar-refractivity contribution in [2.75, 3.05) is 0 Å². The standard InChI is InChI=1S/C25H12I2N4/c26-21-11-9-19-23(30-21)24-20(10-12-22(27)31-24)25(19,17-5-1-15(13-28)2-6-17)18-7-3-16(14-29)4-8-18/h1-12H. The van der Waals surface area contributed by atoms with Crippen LogP contribution in [-0.4, -0.2) is 9.97 Å². The number of hydrogen-bond acceptors (Lipinski definition) is 4. The van der Waals surface area contributed by atoms with Crippen molar-refractivity contribution in [1.29, 1.82) is 10.5 Å². The van der Waals surface area contributed by atoms with Gasteiger partial charge >= 0.3 is 0 Å². The van der Waals surface area contributed by atoms with Gasteiger partial charge in [-0.2, -0.15) is 10.5 Å². The van der Waals surface area contributed by atoms with Crippen LogP contribution in [0.4, 0.5) is 0 Å². The summed E-state index contributed by atoms with van der Waals surface area (Å²) in [4.78, 5) is 9.73. The van der Waals surface area contributed by atoms with Crippen LogP contribution >= 0.6 is 45.2 Å². The van der Waals surface area contributed by atoms with Crippen LogP contribution in [0.5, 0.6) is 0 Å². The molecule has 2 aromatic heterocycles. The fourth-order valence-corrected chi connectivity index (χ4v) is 5.20. The number of benzene rings is 2. The molecule has 0 fully saturated rings. The number of hydrogen-bond donors (Lipinski definition) is 0. The van der Waals surface area contributed by atoms with E-state index in [1.165, 1.54) is 0 Å². The van der Waals surface area contributed by atoms with E-state index < -0.39 is 5.41 Å². The lowest BCUT2D eigenvalue weighted by Gasteiger charge is -2.33. The molecule has 6 heteroatoms. The third kappa shape index (κ3) is 3.05. The highest BCUT2D eigenvalue weighted by atomic mass is 127. The second-order valence-corrected chi connectivity index (χ2v) is 9.40. The van der Waals surface area contributed by atoms with Gasteiger partial charge in [0.05, 0.1) is 40.1 Å². The van der Waals surface area contributed by atoms with Gasteiger partial charge in [0.15, 0.2) is 0 Å². The number of halogens is 2. The minimum Gasteiger partial charge on any atom is -0.240 e. The van der Waals surface area contributed by atoms with Crippen molar-refractivity contribution in [2.24, 2.45) is 0 Å². The molecule has 1 aliphatic rings. The van der Waals surface area contributed by atoms with E-state index in [-0.39, 0.29) is 0 Å². The molecule has 146 valence electrons. The van der Waals surface area contributed by atoms with E-state index in [4.69, 9.17) is 9.97 Å². The smallest absolute Gasteiger partial charge is 0.102 e. The average molecular weight is 622 g/mol. The Labute approximate surface area is 206 Å². The average Bonchev–Trinajstić information content (AvgIpc) is 3.09. The highest BCUT2D eigenvalue weighted by Crippen LogP contribution is 2.55. The molecule has 2 aromatic carbocycles. The Morgan fingerprint density at radius 3 is 1.32 bits per heavy atom. The Hall–Kier alpha value is -2.82. The van der Waals surface area contributed by atoms with Crippen LogP contribution in [0.3, 0.4) is 0 Å². The highest BCUT2D eigenvalue weighted by Gasteiger charge is 2.47. The molecule has 1 aliphatic carbocycles. The molecule has 4 aromatic rings. The zero-order chi connectivity index (χ0) is 21.6. The molecule has 4 nitrogen and oxygen atoms in total. The van der Waals surface area contributed by atoms with Crippen LogP contribution in [0, 0.1) is 30.1 Å². The first-order valence-electron chi connectivity index (χ1n) is 9.43. The van der Waals surface area contributed by atoms with Gasteiger partial charge in [-0.25, -0.2) is 9.97 Å². The van der Waals surface area contributed by atoms with Gasteiger partial charge < -0.3 is 0 Å². The number of rotatable bonds is 2. The van der Waals surface area contributed by atoms with Crippen molar-refractivity contribution in [3.63, 3.8) is 0 Å². The fraction of sp³-hybridized carbons (Fsp3) is 0.0400. The predicted molar refractivity (Wildman–Crippen MR) is 134 cm³/mol. The fourth-order valence-electron chi connectivity index (χ4n) is 4.36. The van der Waals surface area contributed by atoms with E-state index in [2.05, 4.69) is 69.5 Å². The van der Waals surface area contributed by atoms with Crippen molar-refractivity contribution < 1.29 is 0 Å². The first-order valence-corrected chi connectivity index (χ1v) is 11.6. The largest absolute Gasteiger partial charge is 0.240 e. The van der Waals surface area contributed by atoms with E-state index >= 15 is 0 Å². The zero-order valence-corrected chi connectivity index (χ0v) is 20.3.